The van der Waals surface area contributed by atoms with Crippen molar-refractivity contribution in [1.82, 2.24) is 5.32 Å². The second-order valence-corrected chi connectivity index (χ2v) is 6.09. The molecule has 1 N–H and O–H groups in total. The van der Waals surface area contributed by atoms with Crippen LogP contribution < -0.4 is 10.1 Å². The van der Waals surface area contributed by atoms with Crippen LogP contribution in [-0.2, 0) is 16.0 Å². The normalized spacial score (nSPS) is 12.8. The maximum absolute atomic E-state index is 5.70. The number of benzene rings is 1. The van der Waals surface area contributed by atoms with E-state index in [0.717, 1.165) is 20.3 Å². The summed E-state index contributed by atoms with van der Waals surface area (Å²) in [6.07, 6.45) is -0.277. The highest BCUT2D eigenvalue weighted by Gasteiger charge is 2.17. The molecule has 0 aliphatic heterocycles. The summed E-state index contributed by atoms with van der Waals surface area (Å²) in [5.74, 6) is 0.863. The summed E-state index contributed by atoms with van der Waals surface area (Å²) in [5, 5.41) is 3.38. The van der Waals surface area contributed by atoms with Gasteiger partial charge in [-0.05, 0) is 41.9 Å². The zero-order chi connectivity index (χ0) is 15.1. The van der Waals surface area contributed by atoms with Crippen LogP contribution in [0.5, 0.6) is 5.75 Å². The molecule has 0 aromatic heterocycles. The topological polar surface area (TPSA) is 39.7 Å². The minimum absolute atomic E-state index is 0.0669. The Bertz CT molecular complexity index is 425. The van der Waals surface area contributed by atoms with Crippen molar-refractivity contribution in [2.45, 2.75) is 32.7 Å². The van der Waals surface area contributed by atoms with Crippen LogP contribution in [-0.4, -0.2) is 33.2 Å². The van der Waals surface area contributed by atoms with Crippen LogP contribution in [0.2, 0.25) is 0 Å². The predicted octanol–water partition coefficient (Wildman–Crippen LogP) is 3.71. The monoisotopic (exact) mass is 409 g/mol. The quantitative estimate of drug-likeness (QED) is 0.663. The molecule has 0 amide bonds. The minimum Gasteiger partial charge on any atom is -0.492 e. The number of rotatable bonds is 8. The van der Waals surface area contributed by atoms with Crippen LogP contribution in [0.15, 0.2) is 21.1 Å². The Hall–Kier alpha value is -0.140. The van der Waals surface area contributed by atoms with E-state index in [2.05, 4.69) is 37.2 Å². The van der Waals surface area contributed by atoms with E-state index >= 15 is 0 Å². The molecular formula is C14H21Br2NO3. The Morgan fingerprint density at radius 1 is 1.20 bits per heavy atom. The Morgan fingerprint density at radius 3 is 2.40 bits per heavy atom. The molecule has 0 fully saturated rings. The molecule has 0 heterocycles. The lowest BCUT2D eigenvalue weighted by Gasteiger charge is -2.23. The van der Waals surface area contributed by atoms with Gasteiger partial charge in [0.15, 0.2) is 6.29 Å². The molecule has 1 unspecified atom stereocenters. The van der Waals surface area contributed by atoms with E-state index in [1.807, 2.05) is 26.0 Å². The highest BCUT2D eigenvalue weighted by Crippen LogP contribution is 2.33. The number of methoxy groups -OCH3 is 2. The van der Waals surface area contributed by atoms with Gasteiger partial charge in [-0.3, -0.25) is 0 Å². The predicted molar refractivity (Wildman–Crippen MR) is 87.1 cm³/mol. The molecule has 1 aromatic carbocycles. The molecular weight excluding hydrogens is 390 g/mol. The van der Waals surface area contributed by atoms with Gasteiger partial charge in [-0.2, -0.15) is 0 Å². The summed E-state index contributed by atoms with van der Waals surface area (Å²) in [5.41, 5.74) is 1.07. The van der Waals surface area contributed by atoms with Crippen LogP contribution >= 0.6 is 31.9 Å². The number of nitrogens with one attached hydrogen (secondary N) is 1. The number of hydrogen-bond acceptors (Lipinski definition) is 4. The molecule has 0 radical (unpaired) electrons. The largest absolute Gasteiger partial charge is 0.492 e. The molecule has 0 aliphatic rings. The van der Waals surface area contributed by atoms with Crippen molar-refractivity contribution < 1.29 is 14.2 Å². The fraction of sp³-hybridized carbons (Fsp3) is 0.571. The van der Waals surface area contributed by atoms with Gasteiger partial charge in [-0.1, -0.05) is 15.9 Å². The summed E-state index contributed by atoms with van der Waals surface area (Å²) in [6, 6.07) is 4.09. The summed E-state index contributed by atoms with van der Waals surface area (Å²) in [7, 11) is 3.27. The Labute approximate surface area is 137 Å². The van der Waals surface area contributed by atoms with Gasteiger partial charge in [0.2, 0.25) is 0 Å². The first-order chi connectivity index (χ1) is 9.53. The lowest BCUT2D eigenvalue weighted by atomic mass is 10.2. The van der Waals surface area contributed by atoms with Crippen LogP contribution in [0.3, 0.4) is 0 Å². The van der Waals surface area contributed by atoms with Crippen molar-refractivity contribution in [2.24, 2.45) is 0 Å². The van der Waals surface area contributed by atoms with E-state index in [1.165, 1.54) is 0 Å². The highest BCUT2D eigenvalue weighted by atomic mass is 79.9. The van der Waals surface area contributed by atoms with E-state index in [0.29, 0.717) is 13.2 Å². The molecule has 4 nitrogen and oxygen atoms in total. The second kappa shape index (κ2) is 9.00. The molecule has 1 atom stereocenters. The van der Waals surface area contributed by atoms with Gasteiger partial charge in [-0.15, -0.1) is 0 Å². The molecule has 0 bridgehead atoms. The first kappa shape index (κ1) is 17.9. The first-order valence-corrected chi connectivity index (χ1v) is 8.01. The van der Waals surface area contributed by atoms with E-state index in [1.54, 1.807) is 14.2 Å². The smallest absolute Gasteiger partial charge is 0.171 e. The molecule has 0 aliphatic carbocycles. The molecule has 0 saturated carbocycles. The van der Waals surface area contributed by atoms with E-state index in [4.69, 9.17) is 14.2 Å². The number of ether oxygens (including phenoxy) is 3. The van der Waals surface area contributed by atoms with Crippen molar-refractivity contribution >= 4 is 31.9 Å². The van der Waals surface area contributed by atoms with Crippen LogP contribution in [0.4, 0.5) is 0 Å². The molecule has 6 heteroatoms. The number of hydrogen-bond donors (Lipinski definition) is 1. The molecule has 1 rings (SSSR count). The number of halogens is 2. The second-order valence-electron chi connectivity index (χ2n) is 4.32. The Balaban J connectivity index is 2.81. The third-order valence-electron chi connectivity index (χ3n) is 2.86. The molecule has 0 saturated heterocycles. The third-order valence-corrected chi connectivity index (χ3v) is 3.91. The van der Waals surface area contributed by atoms with Gasteiger partial charge in [-0.25, -0.2) is 0 Å². The van der Waals surface area contributed by atoms with Gasteiger partial charge in [0, 0.05) is 30.8 Å². The van der Waals surface area contributed by atoms with Gasteiger partial charge in [0.1, 0.15) is 5.75 Å². The van der Waals surface area contributed by atoms with Crippen LogP contribution in [0.1, 0.15) is 19.4 Å². The highest BCUT2D eigenvalue weighted by molar-refractivity contribution is 9.11. The maximum atomic E-state index is 5.70. The van der Waals surface area contributed by atoms with Crippen molar-refractivity contribution in [1.29, 1.82) is 0 Å². The standard InChI is InChI=1S/C14H21Br2NO3/c1-5-20-13-10(6-11(15)7-12(13)16)8-17-9(2)14(18-3)19-4/h6-7,9,14,17H,5,8H2,1-4H3. The lowest BCUT2D eigenvalue weighted by molar-refractivity contribution is -0.119. The van der Waals surface area contributed by atoms with Crippen LogP contribution in [0.25, 0.3) is 0 Å². The zero-order valence-electron chi connectivity index (χ0n) is 12.2. The van der Waals surface area contributed by atoms with Gasteiger partial charge in [0.25, 0.3) is 0 Å². The molecule has 1 aromatic rings. The first-order valence-electron chi connectivity index (χ1n) is 6.43. The van der Waals surface area contributed by atoms with E-state index in [9.17, 15) is 0 Å². The van der Waals surface area contributed by atoms with E-state index < -0.39 is 0 Å². The average molecular weight is 411 g/mol. The molecule has 114 valence electrons. The summed E-state index contributed by atoms with van der Waals surface area (Å²) >= 11 is 7.03. The van der Waals surface area contributed by atoms with Crippen molar-refractivity contribution in [3.8, 4) is 5.75 Å². The van der Waals surface area contributed by atoms with Crippen molar-refractivity contribution in [3.05, 3.63) is 26.6 Å². The van der Waals surface area contributed by atoms with Crippen LogP contribution in [0, 0.1) is 0 Å². The fourth-order valence-electron chi connectivity index (χ4n) is 1.92. The minimum atomic E-state index is -0.277. The SMILES string of the molecule is CCOc1c(Br)cc(Br)cc1CNC(C)C(OC)OC. The molecule has 0 spiro atoms. The van der Waals surface area contributed by atoms with Crippen molar-refractivity contribution in [3.63, 3.8) is 0 Å². The van der Waals surface area contributed by atoms with Gasteiger partial charge >= 0.3 is 0 Å². The lowest BCUT2D eigenvalue weighted by Crippen LogP contribution is -2.39. The summed E-state index contributed by atoms with van der Waals surface area (Å²) in [4.78, 5) is 0. The van der Waals surface area contributed by atoms with Crippen molar-refractivity contribution in [2.75, 3.05) is 20.8 Å². The van der Waals surface area contributed by atoms with E-state index in [-0.39, 0.29) is 12.3 Å². The van der Waals surface area contributed by atoms with Gasteiger partial charge < -0.3 is 19.5 Å². The molecule has 20 heavy (non-hydrogen) atoms. The third kappa shape index (κ3) is 5.00. The summed E-state index contributed by atoms with van der Waals surface area (Å²) in [6.45, 7) is 5.28. The Morgan fingerprint density at radius 2 is 1.85 bits per heavy atom. The maximum Gasteiger partial charge on any atom is 0.171 e. The van der Waals surface area contributed by atoms with Gasteiger partial charge in [0.05, 0.1) is 17.1 Å². The zero-order valence-corrected chi connectivity index (χ0v) is 15.4. The summed E-state index contributed by atoms with van der Waals surface area (Å²) < 4.78 is 18.1. The average Bonchev–Trinajstić information content (AvgIpc) is 2.41. The fourth-order valence-corrected chi connectivity index (χ4v) is 3.35. The Kier molecular flexibility index (Phi) is 8.06.